The van der Waals surface area contributed by atoms with E-state index in [4.69, 9.17) is 30.5 Å². The molecular formula is C25H28BrF3N4O6. The maximum Gasteiger partial charge on any atom is 0.490 e. The molecule has 1 aliphatic rings. The second-order valence-corrected chi connectivity index (χ2v) is 9.28. The van der Waals surface area contributed by atoms with Gasteiger partial charge in [-0.15, -0.1) is 0 Å². The molecule has 2 amide bonds. The van der Waals surface area contributed by atoms with Crippen LogP contribution in [0.2, 0.25) is 0 Å². The molecule has 2 aromatic rings. The molecule has 1 saturated heterocycles. The van der Waals surface area contributed by atoms with Crippen LogP contribution in [0.5, 0.6) is 5.75 Å². The second kappa shape index (κ2) is 14.5. The number of amides is 2. The van der Waals surface area contributed by atoms with Crippen molar-refractivity contribution in [3.8, 4) is 5.75 Å². The van der Waals surface area contributed by atoms with Gasteiger partial charge in [-0.3, -0.25) is 15.0 Å². The molecule has 0 aromatic heterocycles. The highest BCUT2D eigenvalue weighted by Gasteiger charge is 2.38. The molecule has 39 heavy (non-hydrogen) atoms. The van der Waals surface area contributed by atoms with Gasteiger partial charge in [0.2, 0.25) is 11.8 Å². The van der Waals surface area contributed by atoms with Gasteiger partial charge in [0.1, 0.15) is 24.1 Å². The molecule has 10 nitrogen and oxygen atoms in total. The highest BCUT2D eigenvalue weighted by Crippen LogP contribution is 2.30. The lowest BCUT2D eigenvalue weighted by atomic mass is 10.1. The third-order valence-corrected chi connectivity index (χ3v) is 5.96. The molecule has 1 heterocycles. The summed E-state index contributed by atoms with van der Waals surface area (Å²) in [6.45, 7) is 3.28. The Kier molecular flexibility index (Phi) is 11.7. The van der Waals surface area contributed by atoms with E-state index in [1.165, 1.54) is 0 Å². The molecular weight excluding hydrogens is 589 g/mol. The van der Waals surface area contributed by atoms with Crippen LogP contribution in [0, 0.1) is 5.41 Å². The first-order valence-electron chi connectivity index (χ1n) is 11.6. The fourth-order valence-corrected chi connectivity index (χ4v) is 3.81. The Hall–Kier alpha value is -3.65. The number of hydrogen-bond donors (Lipinski definition) is 5. The van der Waals surface area contributed by atoms with Crippen LogP contribution in [-0.4, -0.2) is 54.2 Å². The van der Waals surface area contributed by atoms with Gasteiger partial charge >= 0.3 is 12.1 Å². The number of halogens is 4. The van der Waals surface area contributed by atoms with E-state index >= 15 is 0 Å². The zero-order valence-corrected chi connectivity index (χ0v) is 22.4. The van der Waals surface area contributed by atoms with Gasteiger partial charge in [0.15, 0.2) is 0 Å². The number of aliphatic carboxylic acids is 1. The highest BCUT2D eigenvalue weighted by molar-refractivity contribution is 9.10. The van der Waals surface area contributed by atoms with Gasteiger partial charge in [0.25, 0.3) is 0 Å². The average molecular weight is 617 g/mol. The van der Waals surface area contributed by atoms with Gasteiger partial charge in [0, 0.05) is 24.1 Å². The summed E-state index contributed by atoms with van der Waals surface area (Å²) in [6, 6.07) is 12.0. The van der Waals surface area contributed by atoms with E-state index in [-0.39, 0.29) is 30.3 Å². The number of carboxylic acids is 1. The Balaban J connectivity index is 0.000000673. The van der Waals surface area contributed by atoms with E-state index in [1.54, 1.807) is 24.3 Å². The van der Waals surface area contributed by atoms with E-state index in [9.17, 15) is 22.8 Å². The number of ether oxygens (including phenoxy) is 2. The summed E-state index contributed by atoms with van der Waals surface area (Å²) in [6.07, 6.45) is -3.52. The van der Waals surface area contributed by atoms with E-state index in [0.29, 0.717) is 24.5 Å². The van der Waals surface area contributed by atoms with Crippen LogP contribution in [0.3, 0.4) is 0 Å². The summed E-state index contributed by atoms with van der Waals surface area (Å²) in [4.78, 5) is 33.4. The third-order valence-electron chi connectivity index (χ3n) is 5.34. The number of nitrogens with two attached hydrogens (primary N) is 1. The molecule has 2 aromatic carbocycles. The van der Waals surface area contributed by atoms with Crippen molar-refractivity contribution in [2.75, 3.05) is 18.5 Å². The highest BCUT2D eigenvalue weighted by atomic mass is 79.9. The van der Waals surface area contributed by atoms with Gasteiger partial charge in [-0.1, -0.05) is 6.07 Å². The van der Waals surface area contributed by atoms with Gasteiger partial charge in [-0.2, -0.15) is 13.2 Å². The molecule has 0 unspecified atom stereocenters. The molecule has 0 radical (unpaired) electrons. The van der Waals surface area contributed by atoms with Crippen LogP contribution < -0.4 is 21.1 Å². The summed E-state index contributed by atoms with van der Waals surface area (Å²) in [5, 5.41) is 20.0. The molecule has 0 saturated carbocycles. The largest absolute Gasteiger partial charge is 0.490 e. The van der Waals surface area contributed by atoms with E-state index in [1.807, 2.05) is 25.1 Å². The molecule has 0 spiro atoms. The first-order chi connectivity index (χ1) is 18.3. The third kappa shape index (κ3) is 10.9. The van der Waals surface area contributed by atoms with Gasteiger partial charge in [0.05, 0.1) is 23.7 Å². The van der Waals surface area contributed by atoms with E-state index < -0.39 is 18.1 Å². The molecule has 14 heteroatoms. The lowest BCUT2D eigenvalue weighted by Gasteiger charge is -2.24. The van der Waals surface area contributed by atoms with Crippen LogP contribution in [0.25, 0.3) is 0 Å². The minimum absolute atomic E-state index is 0.0499. The van der Waals surface area contributed by atoms with Crippen molar-refractivity contribution in [1.82, 2.24) is 5.32 Å². The zero-order valence-electron chi connectivity index (χ0n) is 20.8. The molecule has 1 fully saturated rings. The van der Waals surface area contributed by atoms with Crippen molar-refractivity contribution in [3.05, 3.63) is 58.1 Å². The Morgan fingerprint density at radius 1 is 1.15 bits per heavy atom. The topological polar surface area (TPSA) is 164 Å². The van der Waals surface area contributed by atoms with Crippen LogP contribution in [0.4, 0.5) is 18.9 Å². The molecule has 1 aliphatic heterocycles. The quantitative estimate of drug-likeness (QED) is 0.169. The Labute approximate surface area is 230 Å². The first kappa shape index (κ1) is 31.6. The maximum atomic E-state index is 12.3. The smallest absolute Gasteiger partial charge is 0.489 e. The Bertz CT molecular complexity index is 1170. The Morgan fingerprint density at radius 3 is 2.26 bits per heavy atom. The standard InChI is InChI=1S/C23H27BrN4O4.C2HF3O2/c1-14(16-4-7-20(19(24)12-16)32-18-8-10-31-11-9-18)27-21(29)13-22(30)28-17-5-2-15(3-6-17)23(25)26;3-2(4,5)1(6)7/h2-7,12,14,18H,8-11,13H2,1H3,(H3,25,26)(H,27,29)(H,28,30);(H,6,7)/t14-;/m0./s1. The summed E-state index contributed by atoms with van der Waals surface area (Å²) >= 11 is 3.55. The summed E-state index contributed by atoms with van der Waals surface area (Å²) < 4.78 is 44.0. The van der Waals surface area contributed by atoms with Crippen molar-refractivity contribution in [2.24, 2.45) is 5.73 Å². The molecule has 6 N–H and O–H groups in total. The number of amidine groups is 1. The van der Waals surface area contributed by atoms with Crippen LogP contribution in [0.1, 0.15) is 43.4 Å². The number of nitrogens with one attached hydrogen (secondary N) is 3. The normalized spacial score (nSPS) is 14.3. The number of carbonyl (C=O) groups excluding carboxylic acids is 2. The molecule has 0 bridgehead atoms. The first-order valence-corrected chi connectivity index (χ1v) is 12.4. The van der Waals surface area contributed by atoms with Crippen molar-refractivity contribution in [1.29, 1.82) is 5.41 Å². The number of anilines is 1. The monoisotopic (exact) mass is 616 g/mol. The number of benzene rings is 2. The summed E-state index contributed by atoms with van der Waals surface area (Å²) in [7, 11) is 0. The van der Waals surface area contributed by atoms with Crippen molar-refractivity contribution in [3.63, 3.8) is 0 Å². The number of nitrogen functional groups attached to an aromatic ring is 1. The Morgan fingerprint density at radius 2 is 1.74 bits per heavy atom. The van der Waals surface area contributed by atoms with Crippen molar-refractivity contribution >= 4 is 45.2 Å². The number of hydrogen-bond acceptors (Lipinski definition) is 6. The lowest BCUT2D eigenvalue weighted by Crippen LogP contribution is -2.30. The number of rotatable bonds is 8. The minimum Gasteiger partial charge on any atom is -0.489 e. The lowest BCUT2D eigenvalue weighted by molar-refractivity contribution is -0.192. The second-order valence-electron chi connectivity index (χ2n) is 8.43. The molecule has 0 aliphatic carbocycles. The van der Waals surface area contributed by atoms with Crippen molar-refractivity contribution in [2.45, 2.75) is 44.5 Å². The van der Waals surface area contributed by atoms with Crippen LogP contribution in [0.15, 0.2) is 46.9 Å². The van der Waals surface area contributed by atoms with Crippen LogP contribution >= 0.6 is 15.9 Å². The summed E-state index contributed by atoms with van der Waals surface area (Å²) in [5.74, 6) is -2.85. The minimum atomic E-state index is -5.08. The SMILES string of the molecule is C[C@H](NC(=O)CC(=O)Nc1ccc(C(=N)N)cc1)c1ccc(OC2CCOCC2)c(Br)c1.O=C(O)C(F)(F)F. The van der Waals surface area contributed by atoms with Crippen molar-refractivity contribution < 1.29 is 42.1 Å². The van der Waals surface area contributed by atoms with Gasteiger partial charge in [-0.05, 0) is 64.8 Å². The summed E-state index contributed by atoms with van der Waals surface area (Å²) in [5.41, 5.74) is 7.40. The van der Waals surface area contributed by atoms with E-state index in [2.05, 4.69) is 26.6 Å². The number of carboxylic acid groups (broad SMARTS) is 1. The fourth-order valence-electron chi connectivity index (χ4n) is 3.32. The predicted molar refractivity (Wildman–Crippen MR) is 140 cm³/mol. The molecule has 1 atom stereocenters. The average Bonchev–Trinajstić information content (AvgIpc) is 2.85. The number of alkyl halides is 3. The fraction of sp³-hybridized carbons (Fsp3) is 0.360. The predicted octanol–water partition coefficient (Wildman–Crippen LogP) is 4.13. The van der Waals surface area contributed by atoms with Crippen LogP contribution in [-0.2, 0) is 19.1 Å². The van der Waals surface area contributed by atoms with Gasteiger partial charge < -0.3 is 30.9 Å². The molecule has 3 rings (SSSR count). The number of carbonyl (C=O) groups is 3. The molecule has 212 valence electrons. The maximum absolute atomic E-state index is 12.3. The van der Waals surface area contributed by atoms with Gasteiger partial charge in [-0.25, -0.2) is 4.79 Å². The zero-order chi connectivity index (χ0) is 29.2. The van der Waals surface area contributed by atoms with E-state index in [0.717, 1.165) is 28.6 Å².